The molecule has 1 atom stereocenters. The van der Waals surface area contributed by atoms with Crippen LogP contribution in [0, 0.1) is 19.8 Å². The summed E-state index contributed by atoms with van der Waals surface area (Å²) in [4.78, 5) is 18.7. The number of aromatic nitrogens is 2. The van der Waals surface area contributed by atoms with Crippen molar-refractivity contribution in [1.29, 1.82) is 0 Å². The number of hydrogen-bond donors (Lipinski definition) is 2. The van der Waals surface area contributed by atoms with Crippen molar-refractivity contribution >= 4 is 17.5 Å². The van der Waals surface area contributed by atoms with E-state index in [-0.39, 0.29) is 5.91 Å². The molecule has 1 fully saturated rings. The van der Waals surface area contributed by atoms with Crippen LogP contribution < -0.4 is 10.6 Å². The summed E-state index contributed by atoms with van der Waals surface area (Å²) >= 11 is 0. The molecule has 1 aliphatic heterocycles. The van der Waals surface area contributed by atoms with E-state index in [0.29, 0.717) is 24.0 Å². The summed E-state index contributed by atoms with van der Waals surface area (Å²) in [5.74, 6) is 2.53. The van der Waals surface area contributed by atoms with Crippen molar-refractivity contribution in [2.24, 2.45) is 5.92 Å². The molecule has 7 heteroatoms. The fourth-order valence-corrected chi connectivity index (χ4v) is 2.92. The van der Waals surface area contributed by atoms with E-state index in [1.54, 1.807) is 13.0 Å². The van der Waals surface area contributed by atoms with Crippen LogP contribution in [0.4, 0.5) is 11.6 Å². The summed E-state index contributed by atoms with van der Waals surface area (Å²) < 4.78 is 4.94. The van der Waals surface area contributed by atoms with E-state index in [1.165, 1.54) is 0 Å². The quantitative estimate of drug-likeness (QED) is 0.844. The molecule has 0 bridgehead atoms. The van der Waals surface area contributed by atoms with Crippen LogP contribution in [0.25, 0.3) is 0 Å². The highest BCUT2D eigenvalue weighted by molar-refractivity contribution is 5.91. The van der Waals surface area contributed by atoms with Crippen LogP contribution in [-0.2, 0) is 4.79 Å². The van der Waals surface area contributed by atoms with Crippen LogP contribution in [0.2, 0.25) is 0 Å². The molecule has 0 unspecified atom stereocenters. The number of carbonyl (C=O) groups excluding carboxylic acids is 1. The molecule has 2 aromatic heterocycles. The predicted octanol–water partition coefficient (Wildman–Crippen LogP) is 2.06. The average Bonchev–Trinajstić information content (AvgIpc) is 3.14. The van der Waals surface area contributed by atoms with E-state index in [1.807, 2.05) is 25.1 Å². The predicted molar refractivity (Wildman–Crippen MR) is 91.9 cm³/mol. The second-order valence-corrected chi connectivity index (χ2v) is 6.31. The van der Waals surface area contributed by atoms with Crippen molar-refractivity contribution in [3.63, 3.8) is 0 Å². The molecule has 2 aromatic rings. The van der Waals surface area contributed by atoms with Gasteiger partial charge in [-0.05, 0) is 44.9 Å². The molecule has 128 valence electrons. The van der Waals surface area contributed by atoms with E-state index < -0.39 is 0 Å². The Hall–Kier alpha value is -2.41. The molecule has 0 aliphatic carbocycles. The summed E-state index contributed by atoms with van der Waals surface area (Å²) in [6.45, 7) is 6.87. The number of likely N-dealkylation sites (tertiary alicyclic amines) is 1. The van der Waals surface area contributed by atoms with Crippen LogP contribution in [0.15, 0.2) is 28.8 Å². The first-order chi connectivity index (χ1) is 11.6. The van der Waals surface area contributed by atoms with Crippen molar-refractivity contribution < 1.29 is 9.32 Å². The van der Waals surface area contributed by atoms with Gasteiger partial charge in [0.1, 0.15) is 11.6 Å². The van der Waals surface area contributed by atoms with Crippen LogP contribution in [0.3, 0.4) is 0 Å². The summed E-state index contributed by atoms with van der Waals surface area (Å²) in [6.07, 6.45) is 1.08. The zero-order chi connectivity index (χ0) is 16.9. The summed E-state index contributed by atoms with van der Waals surface area (Å²) in [5.41, 5.74) is 1.01. The molecule has 2 N–H and O–H groups in total. The summed E-state index contributed by atoms with van der Waals surface area (Å²) in [7, 11) is 0. The molecule has 1 aliphatic rings. The normalized spacial score (nSPS) is 17.8. The molecule has 0 aromatic carbocycles. The first-order valence-electron chi connectivity index (χ1n) is 8.21. The van der Waals surface area contributed by atoms with Crippen LogP contribution >= 0.6 is 0 Å². The average molecular weight is 329 g/mol. The largest absolute Gasteiger partial charge is 0.370 e. The van der Waals surface area contributed by atoms with Gasteiger partial charge in [-0.25, -0.2) is 4.98 Å². The number of rotatable bonds is 6. The SMILES string of the molecule is Cc1cccc(NC[C@H]2CCN(CC(=O)Nc3cc(C)on3)C2)n1. The molecule has 0 radical (unpaired) electrons. The van der Waals surface area contributed by atoms with Crippen molar-refractivity contribution in [2.75, 3.05) is 36.8 Å². The molecule has 3 heterocycles. The highest BCUT2D eigenvalue weighted by Crippen LogP contribution is 2.17. The van der Waals surface area contributed by atoms with Gasteiger partial charge >= 0.3 is 0 Å². The van der Waals surface area contributed by atoms with Crippen molar-refractivity contribution in [2.45, 2.75) is 20.3 Å². The van der Waals surface area contributed by atoms with Crippen molar-refractivity contribution in [3.8, 4) is 0 Å². The number of anilines is 2. The number of nitrogens with one attached hydrogen (secondary N) is 2. The van der Waals surface area contributed by atoms with Gasteiger partial charge in [-0.2, -0.15) is 0 Å². The number of nitrogens with zero attached hydrogens (tertiary/aromatic N) is 3. The Morgan fingerprint density at radius 1 is 1.38 bits per heavy atom. The summed E-state index contributed by atoms with van der Waals surface area (Å²) in [5, 5.41) is 9.91. The zero-order valence-electron chi connectivity index (χ0n) is 14.1. The Bertz CT molecular complexity index is 700. The Morgan fingerprint density at radius 3 is 3.00 bits per heavy atom. The van der Waals surface area contributed by atoms with Gasteiger partial charge in [0.25, 0.3) is 0 Å². The number of carbonyl (C=O) groups is 1. The van der Waals surface area contributed by atoms with Gasteiger partial charge in [0.05, 0.1) is 6.54 Å². The highest BCUT2D eigenvalue weighted by Gasteiger charge is 2.24. The van der Waals surface area contributed by atoms with Gasteiger partial charge in [0.15, 0.2) is 5.82 Å². The zero-order valence-corrected chi connectivity index (χ0v) is 14.1. The fraction of sp³-hybridized carbons (Fsp3) is 0.471. The lowest BCUT2D eigenvalue weighted by molar-refractivity contribution is -0.117. The topological polar surface area (TPSA) is 83.3 Å². The minimum Gasteiger partial charge on any atom is -0.370 e. The van der Waals surface area contributed by atoms with Crippen molar-refractivity contribution in [1.82, 2.24) is 15.0 Å². The second kappa shape index (κ2) is 7.44. The van der Waals surface area contributed by atoms with Gasteiger partial charge in [-0.15, -0.1) is 0 Å². The van der Waals surface area contributed by atoms with E-state index in [0.717, 1.165) is 37.6 Å². The third kappa shape index (κ3) is 4.55. The third-order valence-corrected chi connectivity index (χ3v) is 4.09. The third-order valence-electron chi connectivity index (χ3n) is 4.09. The van der Waals surface area contributed by atoms with Crippen molar-refractivity contribution in [3.05, 3.63) is 35.7 Å². The lowest BCUT2D eigenvalue weighted by atomic mass is 10.1. The number of aryl methyl sites for hydroxylation is 2. The van der Waals surface area contributed by atoms with E-state index >= 15 is 0 Å². The van der Waals surface area contributed by atoms with Gasteiger partial charge in [-0.1, -0.05) is 11.2 Å². The first-order valence-corrected chi connectivity index (χ1v) is 8.21. The molecule has 1 amide bonds. The smallest absolute Gasteiger partial charge is 0.239 e. The molecule has 0 saturated carbocycles. The number of pyridine rings is 1. The number of amides is 1. The molecule has 24 heavy (non-hydrogen) atoms. The van der Waals surface area contributed by atoms with E-state index in [4.69, 9.17) is 4.52 Å². The fourth-order valence-electron chi connectivity index (χ4n) is 2.92. The summed E-state index contributed by atoms with van der Waals surface area (Å²) in [6, 6.07) is 7.68. The Balaban J connectivity index is 1.41. The first kappa shape index (κ1) is 16.4. The highest BCUT2D eigenvalue weighted by atomic mass is 16.5. The molecular weight excluding hydrogens is 306 g/mol. The van der Waals surface area contributed by atoms with Gasteiger partial charge < -0.3 is 15.2 Å². The van der Waals surface area contributed by atoms with Gasteiger partial charge in [-0.3, -0.25) is 9.69 Å². The Morgan fingerprint density at radius 2 is 2.25 bits per heavy atom. The second-order valence-electron chi connectivity index (χ2n) is 6.31. The molecule has 0 spiro atoms. The monoisotopic (exact) mass is 329 g/mol. The van der Waals surface area contributed by atoms with Gasteiger partial charge in [0, 0.05) is 24.8 Å². The maximum absolute atomic E-state index is 12.0. The number of hydrogen-bond acceptors (Lipinski definition) is 6. The lowest BCUT2D eigenvalue weighted by Gasteiger charge is -2.15. The van der Waals surface area contributed by atoms with E-state index in [9.17, 15) is 4.79 Å². The Kier molecular flexibility index (Phi) is 5.10. The minimum absolute atomic E-state index is 0.0581. The van der Waals surface area contributed by atoms with E-state index in [2.05, 4.69) is 25.7 Å². The maximum Gasteiger partial charge on any atom is 0.239 e. The lowest BCUT2D eigenvalue weighted by Crippen LogP contribution is -2.32. The maximum atomic E-state index is 12.0. The molecule has 3 rings (SSSR count). The molecule has 7 nitrogen and oxygen atoms in total. The standard InChI is InChI=1S/C17H23N5O2/c1-12-4-3-5-15(19-12)18-9-14-6-7-22(10-14)11-17(23)20-16-8-13(2)24-21-16/h3-5,8,14H,6-7,9-11H2,1-2H3,(H,18,19)(H,20,21,23)/t14-/m1/s1. The Labute approximate surface area is 141 Å². The molecule has 1 saturated heterocycles. The van der Waals surface area contributed by atoms with Crippen LogP contribution in [0.5, 0.6) is 0 Å². The van der Waals surface area contributed by atoms with Crippen LogP contribution in [0.1, 0.15) is 17.9 Å². The van der Waals surface area contributed by atoms with Crippen LogP contribution in [-0.4, -0.2) is 47.1 Å². The molecular formula is C17H23N5O2. The minimum atomic E-state index is -0.0581. The van der Waals surface area contributed by atoms with Gasteiger partial charge in [0.2, 0.25) is 5.91 Å².